The van der Waals surface area contributed by atoms with Gasteiger partial charge >= 0.3 is 0 Å². The van der Waals surface area contributed by atoms with Crippen LogP contribution < -0.4 is 15.0 Å². The average Bonchev–Trinajstić information content (AvgIpc) is 2.78. The van der Waals surface area contributed by atoms with Gasteiger partial charge in [-0.15, -0.1) is 0 Å². The van der Waals surface area contributed by atoms with Crippen LogP contribution in [0.1, 0.15) is 0 Å². The highest BCUT2D eigenvalue weighted by Gasteiger charge is 2.19. The summed E-state index contributed by atoms with van der Waals surface area (Å²) in [6.45, 7) is 4.58. The number of rotatable bonds is 7. The van der Waals surface area contributed by atoms with E-state index in [-0.39, 0.29) is 18.3 Å². The second-order valence-corrected chi connectivity index (χ2v) is 7.43. The second-order valence-electron chi connectivity index (χ2n) is 7.43. The number of amides is 1. The Morgan fingerprint density at radius 2 is 1.67 bits per heavy atom. The first kappa shape index (κ1) is 20.2. The maximum atomic E-state index is 13.9. The first-order valence-corrected chi connectivity index (χ1v) is 10.3. The predicted molar refractivity (Wildman–Crippen MR) is 118 cm³/mol. The number of para-hydroxylation sites is 1. The van der Waals surface area contributed by atoms with Crippen LogP contribution in [0.2, 0.25) is 0 Å². The first-order chi connectivity index (χ1) is 14.7. The zero-order valence-corrected chi connectivity index (χ0v) is 16.9. The van der Waals surface area contributed by atoms with E-state index in [0.717, 1.165) is 43.5 Å². The van der Waals surface area contributed by atoms with Crippen LogP contribution in [-0.2, 0) is 4.79 Å². The minimum atomic E-state index is -0.176. The van der Waals surface area contributed by atoms with E-state index in [1.807, 2.05) is 54.6 Å². The number of nitrogens with one attached hydrogen (secondary N) is 1. The molecule has 0 spiro atoms. The van der Waals surface area contributed by atoms with E-state index >= 15 is 0 Å². The molecule has 0 aromatic heterocycles. The number of fused-ring (bicyclic) bond motifs is 1. The fourth-order valence-electron chi connectivity index (χ4n) is 3.73. The Labute approximate surface area is 176 Å². The van der Waals surface area contributed by atoms with Crippen molar-refractivity contribution < 1.29 is 13.9 Å². The van der Waals surface area contributed by atoms with Crippen LogP contribution in [0.5, 0.6) is 5.75 Å². The van der Waals surface area contributed by atoms with Crippen LogP contribution in [0.4, 0.5) is 10.1 Å². The number of benzene rings is 3. The smallest absolute Gasteiger partial charge is 0.257 e. The summed E-state index contributed by atoms with van der Waals surface area (Å²) in [5.74, 6) is 0.380. The van der Waals surface area contributed by atoms with Gasteiger partial charge in [0.15, 0.2) is 6.61 Å². The summed E-state index contributed by atoms with van der Waals surface area (Å²) in [4.78, 5) is 16.4. The Bertz CT molecular complexity index is 1000. The third-order valence-corrected chi connectivity index (χ3v) is 5.41. The summed E-state index contributed by atoms with van der Waals surface area (Å²) in [5.41, 5.74) is 0.663. The molecule has 30 heavy (non-hydrogen) atoms. The third kappa shape index (κ3) is 5.07. The Balaban J connectivity index is 1.16. The van der Waals surface area contributed by atoms with Gasteiger partial charge < -0.3 is 15.0 Å². The number of carbonyl (C=O) groups excluding carboxylic acids is 1. The largest absolute Gasteiger partial charge is 0.484 e. The van der Waals surface area contributed by atoms with E-state index in [0.29, 0.717) is 18.0 Å². The molecule has 0 atom stereocenters. The molecule has 4 rings (SSSR count). The highest BCUT2D eigenvalue weighted by atomic mass is 19.1. The molecule has 156 valence electrons. The number of halogens is 1. The van der Waals surface area contributed by atoms with Crippen molar-refractivity contribution in [1.82, 2.24) is 10.2 Å². The van der Waals surface area contributed by atoms with Gasteiger partial charge in [-0.2, -0.15) is 0 Å². The minimum absolute atomic E-state index is 0.000593. The molecule has 0 aliphatic carbocycles. The molecule has 1 N–H and O–H groups in total. The molecule has 1 amide bonds. The van der Waals surface area contributed by atoms with Gasteiger partial charge in [-0.1, -0.05) is 42.5 Å². The number of hydrogen-bond donors (Lipinski definition) is 1. The second kappa shape index (κ2) is 9.59. The molecule has 1 aliphatic heterocycles. The van der Waals surface area contributed by atoms with Gasteiger partial charge in [0, 0.05) is 39.3 Å². The van der Waals surface area contributed by atoms with Crippen LogP contribution in [0.15, 0.2) is 66.7 Å². The predicted octanol–water partition coefficient (Wildman–Crippen LogP) is 3.30. The van der Waals surface area contributed by atoms with Crippen molar-refractivity contribution in [3.8, 4) is 5.75 Å². The molecule has 1 fully saturated rings. The monoisotopic (exact) mass is 407 g/mol. The van der Waals surface area contributed by atoms with E-state index < -0.39 is 0 Å². The fourth-order valence-corrected chi connectivity index (χ4v) is 3.73. The van der Waals surface area contributed by atoms with Gasteiger partial charge in [-0.3, -0.25) is 9.69 Å². The van der Waals surface area contributed by atoms with Crippen LogP contribution >= 0.6 is 0 Å². The van der Waals surface area contributed by atoms with Crippen molar-refractivity contribution >= 4 is 22.4 Å². The molecular formula is C24H26FN3O2. The molecule has 3 aromatic carbocycles. The zero-order chi connectivity index (χ0) is 20.8. The lowest BCUT2D eigenvalue weighted by Gasteiger charge is -2.36. The summed E-state index contributed by atoms with van der Waals surface area (Å²) in [6, 6.07) is 20.7. The number of carbonyl (C=O) groups is 1. The molecule has 1 heterocycles. The molecule has 0 bridgehead atoms. The first-order valence-electron chi connectivity index (χ1n) is 10.3. The van der Waals surface area contributed by atoms with E-state index in [1.54, 1.807) is 6.07 Å². The van der Waals surface area contributed by atoms with E-state index in [9.17, 15) is 9.18 Å². The van der Waals surface area contributed by atoms with E-state index in [1.165, 1.54) is 6.07 Å². The molecular weight excluding hydrogens is 381 g/mol. The average molecular weight is 407 g/mol. The third-order valence-electron chi connectivity index (χ3n) is 5.41. The number of hydrogen-bond acceptors (Lipinski definition) is 4. The standard InChI is InChI=1S/C24H26FN3O2/c25-22-7-3-4-8-23(22)28-15-13-27(14-16-28)12-11-26-24(29)18-30-21-10-9-19-5-1-2-6-20(19)17-21/h1-10,17H,11-16,18H2,(H,26,29). The Morgan fingerprint density at radius 3 is 2.47 bits per heavy atom. The van der Waals surface area contributed by atoms with Crippen LogP contribution in [0.25, 0.3) is 10.8 Å². The van der Waals surface area contributed by atoms with Crippen molar-refractivity contribution in [2.75, 3.05) is 50.8 Å². The molecule has 0 radical (unpaired) electrons. The van der Waals surface area contributed by atoms with Crippen molar-refractivity contribution in [3.63, 3.8) is 0 Å². The Morgan fingerprint density at radius 1 is 0.933 bits per heavy atom. The lowest BCUT2D eigenvalue weighted by molar-refractivity contribution is -0.123. The molecule has 3 aromatic rings. The minimum Gasteiger partial charge on any atom is -0.484 e. The van der Waals surface area contributed by atoms with Gasteiger partial charge in [-0.25, -0.2) is 4.39 Å². The quantitative estimate of drug-likeness (QED) is 0.653. The summed E-state index contributed by atoms with van der Waals surface area (Å²) in [7, 11) is 0. The lowest BCUT2D eigenvalue weighted by atomic mass is 10.1. The van der Waals surface area contributed by atoms with Gasteiger partial charge in [-0.05, 0) is 35.0 Å². The normalized spacial score (nSPS) is 14.6. The van der Waals surface area contributed by atoms with Crippen molar-refractivity contribution in [2.45, 2.75) is 0 Å². The molecule has 1 aliphatic rings. The molecule has 1 saturated heterocycles. The maximum absolute atomic E-state index is 13.9. The Kier molecular flexibility index (Phi) is 6.44. The topological polar surface area (TPSA) is 44.8 Å². The van der Waals surface area contributed by atoms with Crippen molar-refractivity contribution in [2.24, 2.45) is 0 Å². The van der Waals surface area contributed by atoms with Crippen LogP contribution in [-0.4, -0.2) is 56.7 Å². The molecule has 0 unspecified atom stereocenters. The number of anilines is 1. The molecule has 0 saturated carbocycles. The van der Waals surface area contributed by atoms with Gasteiger partial charge in [0.25, 0.3) is 5.91 Å². The fraction of sp³-hybridized carbons (Fsp3) is 0.292. The lowest BCUT2D eigenvalue weighted by Crippen LogP contribution is -2.49. The zero-order valence-electron chi connectivity index (χ0n) is 16.9. The highest BCUT2D eigenvalue weighted by Crippen LogP contribution is 2.21. The number of piperazine rings is 1. The number of ether oxygens (including phenoxy) is 1. The summed E-state index contributed by atoms with van der Waals surface area (Å²) < 4.78 is 19.5. The number of nitrogens with zero attached hydrogens (tertiary/aromatic N) is 2. The van der Waals surface area contributed by atoms with Crippen molar-refractivity contribution in [3.05, 3.63) is 72.5 Å². The van der Waals surface area contributed by atoms with Crippen LogP contribution in [0.3, 0.4) is 0 Å². The summed E-state index contributed by atoms with van der Waals surface area (Å²) in [5, 5.41) is 5.14. The van der Waals surface area contributed by atoms with Gasteiger partial charge in [0.05, 0.1) is 5.69 Å². The van der Waals surface area contributed by atoms with E-state index in [4.69, 9.17) is 4.74 Å². The van der Waals surface area contributed by atoms with Gasteiger partial charge in [0.1, 0.15) is 11.6 Å². The maximum Gasteiger partial charge on any atom is 0.257 e. The van der Waals surface area contributed by atoms with Gasteiger partial charge in [0.2, 0.25) is 0 Å². The summed E-state index contributed by atoms with van der Waals surface area (Å²) >= 11 is 0. The molecule has 6 heteroatoms. The SMILES string of the molecule is O=C(COc1ccc2ccccc2c1)NCCN1CCN(c2ccccc2F)CC1. The Hall–Kier alpha value is -3.12. The highest BCUT2D eigenvalue weighted by molar-refractivity contribution is 5.84. The van der Waals surface area contributed by atoms with Crippen LogP contribution in [0, 0.1) is 5.82 Å². The van der Waals surface area contributed by atoms with E-state index in [2.05, 4.69) is 15.1 Å². The van der Waals surface area contributed by atoms with Crippen molar-refractivity contribution in [1.29, 1.82) is 0 Å². The molecule has 5 nitrogen and oxygen atoms in total. The summed E-state index contributed by atoms with van der Waals surface area (Å²) in [6.07, 6.45) is 0.